The van der Waals surface area contributed by atoms with Crippen LogP contribution in [0.2, 0.25) is 0 Å². The van der Waals surface area contributed by atoms with Crippen LogP contribution in [0.3, 0.4) is 0 Å². The molecule has 0 aromatic carbocycles. The van der Waals surface area contributed by atoms with Crippen LogP contribution in [0.1, 0.15) is 41.4 Å². The van der Waals surface area contributed by atoms with Gasteiger partial charge in [-0.1, -0.05) is 5.16 Å². The molecule has 24 heavy (non-hydrogen) atoms. The van der Waals surface area contributed by atoms with E-state index in [2.05, 4.69) is 15.4 Å². The fourth-order valence-corrected chi connectivity index (χ4v) is 3.60. The Morgan fingerprint density at radius 2 is 2.08 bits per heavy atom. The van der Waals surface area contributed by atoms with Crippen molar-refractivity contribution in [3.05, 3.63) is 17.5 Å². The average molecular weight is 335 g/mol. The summed E-state index contributed by atoms with van der Waals surface area (Å²) in [6.45, 7) is 5.53. The number of hydrogen-bond donors (Lipinski definition) is 1. The lowest BCUT2D eigenvalue weighted by atomic mass is 9.97. The van der Waals surface area contributed by atoms with E-state index in [9.17, 15) is 4.79 Å². The first-order valence-corrected chi connectivity index (χ1v) is 8.95. The maximum Gasteiger partial charge on any atom is 0.273 e. The average Bonchev–Trinajstić information content (AvgIpc) is 3.12. The van der Waals surface area contributed by atoms with Crippen molar-refractivity contribution in [3.63, 3.8) is 0 Å². The Balaban J connectivity index is 1.36. The molecule has 2 saturated heterocycles. The highest BCUT2D eigenvalue weighted by Gasteiger charge is 2.32. The van der Waals surface area contributed by atoms with E-state index in [0.29, 0.717) is 24.1 Å². The molecule has 1 saturated carbocycles. The highest BCUT2D eigenvalue weighted by Crippen LogP contribution is 2.40. The van der Waals surface area contributed by atoms with Crippen LogP contribution in [0, 0.1) is 5.92 Å². The molecule has 4 rings (SSSR count). The van der Waals surface area contributed by atoms with Gasteiger partial charge < -0.3 is 19.3 Å². The lowest BCUT2D eigenvalue weighted by Gasteiger charge is -2.37. The summed E-state index contributed by atoms with van der Waals surface area (Å²) in [5.41, 5.74) is 0.389. The van der Waals surface area contributed by atoms with Gasteiger partial charge in [-0.05, 0) is 19.3 Å². The quantitative estimate of drug-likeness (QED) is 0.836. The number of aromatic nitrogens is 1. The standard InChI is InChI=1S/C17H25N3O4/c21-17(14-9-16(24-19-14)12-1-2-12)18-10-15(13-3-6-23-11-13)20-4-7-22-8-5-20/h9,12-13,15H,1-8,10-11H2,(H,18,21). The van der Waals surface area contributed by atoms with Crippen LogP contribution < -0.4 is 5.32 Å². The number of nitrogens with zero attached hydrogens (tertiary/aromatic N) is 2. The molecule has 3 aliphatic rings. The summed E-state index contributed by atoms with van der Waals surface area (Å²) >= 11 is 0. The molecule has 2 aliphatic heterocycles. The van der Waals surface area contributed by atoms with Gasteiger partial charge in [0.15, 0.2) is 5.69 Å². The summed E-state index contributed by atoms with van der Waals surface area (Å²) in [7, 11) is 0. The molecular weight excluding hydrogens is 310 g/mol. The Labute approximate surface area is 141 Å². The lowest BCUT2D eigenvalue weighted by molar-refractivity contribution is 0.00164. The predicted octanol–water partition coefficient (Wildman–Crippen LogP) is 1.02. The smallest absolute Gasteiger partial charge is 0.273 e. The van der Waals surface area contributed by atoms with Crippen LogP contribution in [-0.2, 0) is 9.47 Å². The van der Waals surface area contributed by atoms with E-state index >= 15 is 0 Å². The van der Waals surface area contributed by atoms with Gasteiger partial charge in [-0.3, -0.25) is 9.69 Å². The summed E-state index contributed by atoms with van der Waals surface area (Å²) in [6, 6.07) is 2.07. The van der Waals surface area contributed by atoms with E-state index in [0.717, 1.165) is 64.5 Å². The van der Waals surface area contributed by atoms with Gasteiger partial charge in [-0.25, -0.2) is 0 Å². The molecule has 0 spiro atoms. The second kappa shape index (κ2) is 7.21. The van der Waals surface area contributed by atoms with E-state index in [4.69, 9.17) is 14.0 Å². The summed E-state index contributed by atoms with van der Waals surface area (Å²) in [5.74, 6) is 1.62. The van der Waals surface area contributed by atoms with E-state index < -0.39 is 0 Å². The molecule has 2 atom stereocenters. The van der Waals surface area contributed by atoms with Crippen molar-refractivity contribution >= 4 is 5.91 Å². The minimum absolute atomic E-state index is 0.150. The normalized spacial score (nSPS) is 26.4. The van der Waals surface area contributed by atoms with Crippen molar-refractivity contribution < 1.29 is 18.8 Å². The second-order valence-corrected chi connectivity index (χ2v) is 6.94. The number of amides is 1. The summed E-state index contributed by atoms with van der Waals surface area (Å²) in [6.07, 6.45) is 3.32. The topological polar surface area (TPSA) is 76.8 Å². The monoisotopic (exact) mass is 335 g/mol. The van der Waals surface area contributed by atoms with Crippen molar-refractivity contribution in [1.29, 1.82) is 0 Å². The molecule has 1 aromatic rings. The van der Waals surface area contributed by atoms with Gasteiger partial charge in [0.2, 0.25) is 0 Å². The van der Waals surface area contributed by atoms with Crippen molar-refractivity contribution in [3.8, 4) is 0 Å². The first-order valence-electron chi connectivity index (χ1n) is 8.95. The molecule has 1 amide bonds. The number of morpholine rings is 1. The van der Waals surface area contributed by atoms with Crippen LogP contribution in [0.4, 0.5) is 0 Å². The fourth-order valence-electron chi connectivity index (χ4n) is 3.60. The van der Waals surface area contributed by atoms with Gasteiger partial charge in [0, 0.05) is 50.2 Å². The van der Waals surface area contributed by atoms with Crippen LogP contribution in [0.15, 0.2) is 10.6 Å². The number of rotatable bonds is 6. The maximum absolute atomic E-state index is 12.4. The highest BCUT2D eigenvalue weighted by molar-refractivity contribution is 5.92. The Bertz CT molecular complexity index is 560. The zero-order valence-corrected chi connectivity index (χ0v) is 13.9. The molecule has 0 bridgehead atoms. The lowest BCUT2D eigenvalue weighted by Crippen LogP contribution is -2.52. The van der Waals surface area contributed by atoms with Gasteiger partial charge in [-0.2, -0.15) is 0 Å². The first kappa shape index (κ1) is 16.1. The van der Waals surface area contributed by atoms with Crippen molar-refractivity contribution in [2.45, 2.75) is 31.2 Å². The van der Waals surface area contributed by atoms with Crippen molar-refractivity contribution in [1.82, 2.24) is 15.4 Å². The summed E-state index contributed by atoms with van der Waals surface area (Å²) in [4.78, 5) is 14.8. The van der Waals surface area contributed by atoms with E-state index in [1.807, 2.05) is 0 Å². The molecular formula is C17H25N3O4. The zero-order chi connectivity index (χ0) is 16.4. The molecule has 0 radical (unpaired) electrons. The maximum atomic E-state index is 12.4. The van der Waals surface area contributed by atoms with E-state index in [1.54, 1.807) is 6.07 Å². The Hall–Kier alpha value is -1.44. The second-order valence-electron chi connectivity index (χ2n) is 6.94. The molecule has 3 fully saturated rings. The Kier molecular flexibility index (Phi) is 4.82. The third kappa shape index (κ3) is 3.63. The molecule has 132 valence electrons. The van der Waals surface area contributed by atoms with Gasteiger partial charge in [0.25, 0.3) is 5.91 Å². The Morgan fingerprint density at radius 1 is 1.25 bits per heavy atom. The van der Waals surface area contributed by atoms with E-state index in [-0.39, 0.29) is 11.9 Å². The summed E-state index contributed by atoms with van der Waals surface area (Å²) in [5, 5.41) is 6.97. The molecule has 3 heterocycles. The summed E-state index contributed by atoms with van der Waals surface area (Å²) < 4.78 is 16.3. The molecule has 7 nitrogen and oxygen atoms in total. The van der Waals surface area contributed by atoms with Gasteiger partial charge in [-0.15, -0.1) is 0 Å². The van der Waals surface area contributed by atoms with Crippen LogP contribution in [0.25, 0.3) is 0 Å². The number of nitrogens with one attached hydrogen (secondary N) is 1. The fraction of sp³-hybridized carbons (Fsp3) is 0.765. The van der Waals surface area contributed by atoms with Gasteiger partial charge >= 0.3 is 0 Å². The number of carbonyl (C=O) groups excluding carboxylic acids is 1. The Morgan fingerprint density at radius 3 is 2.79 bits per heavy atom. The molecule has 1 aliphatic carbocycles. The van der Waals surface area contributed by atoms with Gasteiger partial charge in [0.1, 0.15) is 5.76 Å². The predicted molar refractivity (Wildman–Crippen MR) is 85.9 cm³/mol. The molecule has 2 unspecified atom stereocenters. The third-order valence-electron chi connectivity index (χ3n) is 5.24. The number of hydrogen-bond acceptors (Lipinski definition) is 6. The van der Waals surface area contributed by atoms with E-state index in [1.165, 1.54) is 0 Å². The molecule has 1 aromatic heterocycles. The minimum atomic E-state index is -0.150. The van der Waals surface area contributed by atoms with Gasteiger partial charge in [0.05, 0.1) is 19.8 Å². The molecule has 7 heteroatoms. The number of carbonyl (C=O) groups is 1. The molecule has 1 N–H and O–H groups in total. The van der Waals surface area contributed by atoms with Crippen LogP contribution in [-0.4, -0.2) is 68.1 Å². The third-order valence-corrected chi connectivity index (χ3v) is 5.24. The first-order chi connectivity index (χ1) is 11.8. The van der Waals surface area contributed by atoms with Crippen LogP contribution >= 0.6 is 0 Å². The van der Waals surface area contributed by atoms with Crippen molar-refractivity contribution in [2.75, 3.05) is 46.1 Å². The van der Waals surface area contributed by atoms with Crippen LogP contribution in [0.5, 0.6) is 0 Å². The minimum Gasteiger partial charge on any atom is -0.381 e. The SMILES string of the molecule is O=C(NCC(C1CCOC1)N1CCOCC1)c1cc(C2CC2)on1. The highest BCUT2D eigenvalue weighted by atomic mass is 16.5. The largest absolute Gasteiger partial charge is 0.381 e. The number of ether oxygens (including phenoxy) is 2. The van der Waals surface area contributed by atoms with Crippen molar-refractivity contribution in [2.24, 2.45) is 5.92 Å². The zero-order valence-electron chi connectivity index (χ0n) is 13.9.